The number of carbonyl (C=O) groups is 1. The summed E-state index contributed by atoms with van der Waals surface area (Å²) >= 11 is 1.40. The van der Waals surface area contributed by atoms with Crippen LogP contribution in [0.15, 0.2) is 34.1 Å². The van der Waals surface area contributed by atoms with Gasteiger partial charge < -0.3 is 5.32 Å². The van der Waals surface area contributed by atoms with E-state index >= 15 is 0 Å². The van der Waals surface area contributed by atoms with Crippen molar-refractivity contribution in [3.63, 3.8) is 0 Å². The molecule has 0 fully saturated rings. The Morgan fingerprint density at radius 3 is 2.43 bits per heavy atom. The van der Waals surface area contributed by atoms with Crippen molar-refractivity contribution < 1.29 is 13.2 Å². The Bertz CT molecular complexity index is 849. The Balaban J connectivity index is 2.18. The molecule has 23 heavy (non-hydrogen) atoms. The van der Waals surface area contributed by atoms with Crippen LogP contribution in [0, 0.1) is 6.92 Å². The molecule has 0 bridgehead atoms. The van der Waals surface area contributed by atoms with Crippen molar-refractivity contribution in [2.24, 2.45) is 0 Å². The molecule has 1 aliphatic carbocycles. The number of rotatable bonds is 3. The normalized spacial score (nSPS) is 14.3. The van der Waals surface area contributed by atoms with Crippen LogP contribution in [0.5, 0.6) is 0 Å². The highest BCUT2D eigenvalue weighted by molar-refractivity contribution is 7.92. The number of benzene rings is 1. The van der Waals surface area contributed by atoms with Gasteiger partial charge in [0.25, 0.3) is 0 Å². The summed E-state index contributed by atoms with van der Waals surface area (Å²) in [5.41, 5.74) is 1.91. The molecule has 6 heteroatoms. The van der Waals surface area contributed by atoms with E-state index in [2.05, 4.69) is 5.32 Å². The fourth-order valence-electron chi connectivity index (χ4n) is 2.90. The second-order valence-electron chi connectivity index (χ2n) is 5.87. The van der Waals surface area contributed by atoms with Crippen molar-refractivity contribution in [2.75, 3.05) is 5.32 Å². The number of amides is 1. The number of hydrogen-bond acceptors (Lipinski definition) is 4. The third-order valence-electron chi connectivity index (χ3n) is 4.01. The van der Waals surface area contributed by atoms with Gasteiger partial charge in [0.1, 0.15) is 9.90 Å². The van der Waals surface area contributed by atoms with Crippen molar-refractivity contribution in [1.29, 1.82) is 0 Å². The molecule has 0 aliphatic heterocycles. The van der Waals surface area contributed by atoms with Crippen molar-refractivity contribution in [1.82, 2.24) is 0 Å². The predicted octanol–water partition coefficient (Wildman–Crippen LogP) is 3.73. The zero-order valence-corrected chi connectivity index (χ0v) is 14.8. The first-order valence-corrected chi connectivity index (χ1v) is 9.93. The van der Waals surface area contributed by atoms with Crippen molar-refractivity contribution in [3.05, 3.63) is 40.3 Å². The largest absolute Gasteiger partial charge is 0.317 e. The Kier molecular flexibility index (Phi) is 4.29. The van der Waals surface area contributed by atoms with Gasteiger partial charge in [-0.05, 0) is 50.3 Å². The minimum atomic E-state index is -3.63. The summed E-state index contributed by atoms with van der Waals surface area (Å²) in [6.45, 7) is 3.33. The Morgan fingerprint density at radius 2 is 1.78 bits per heavy atom. The molecule has 122 valence electrons. The van der Waals surface area contributed by atoms with E-state index < -0.39 is 9.84 Å². The van der Waals surface area contributed by atoms with Gasteiger partial charge in [0.15, 0.2) is 0 Å². The predicted molar refractivity (Wildman–Crippen MR) is 91.9 cm³/mol. The van der Waals surface area contributed by atoms with Crippen LogP contribution in [0.4, 0.5) is 5.00 Å². The van der Waals surface area contributed by atoms with Gasteiger partial charge >= 0.3 is 0 Å². The highest BCUT2D eigenvalue weighted by Crippen LogP contribution is 2.43. The number of fused-ring (bicyclic) bond motifs is 1. The van der Waals surface area contributed by atoms with E-state index in [-0.39, 0.29) is 10.8 Å². The summed E-state index contributed by atoms with van der Waals surface area (Å²) < 4.78 is 26.3. The first kappa shape index (κ1) is 16.2. The fourth-order valence-corrected chi connectivity index (χ4v) is 6.22. The van der Waals surface area contributed by atoms with Crippen molar-refractivity contribution in [2.45, 2.75) is 49.3 Å². The smallest absolute Gasteiger partial charge is 0.221 e. The standard InChI is InChI=1S/C17H19NO3S2/c1-11-7-9-13(10-8-11)23(20,21)16-14-5-3-4-6-15(14)22-17(16)18-12(2)19/h7-10H,3-6H2,1-2H3,(H,18,19). The lowest BCUT2D eigenvalue weighted by atomic mass is 9.99. The van der Waals surface area contributed by atoms with Crippen LogP contribution in [-0.2, 0) is 27.5 Å². The molecule has 1 N–H and O–H groups in total. The van der Waals surface area contributed by atoms with Crippen LogP contribution in [0.3, 0.4) is 0 Å². The molecule has 0 atom stereocenters. The maximum atomic E-state index is 13.1. The highest BCUT2D eigenvalue weighted by Gasteiger charge is 2.31. The first-order valence-electron chi connectivity index (χ1n) is 7.63. The molecule has 1 aromatic heterocycles. The van der Waals surface area contributed by atoms with Gasteiger partial charge in [0, 0.05) is 11.8 Å². The molecule has 0 unspecified atom stereocenters. The second kappa shape index (κ2) is 6.09. The SMILES string of the molecule is CC(=O)Nc1sc2c(c1S(=O)(=O)c1ccc(C)cc1)CCCC2. The molecule has 2 aromatic rings. The number of hydrogen-bond donors (Lipinski definition) is 1. The van der Waals surface area contributed by atoms with Crippen molar-refractivity contribution >= 4 is 32.1 Å². The topological polar surface area (TPSA) is 63.2 Å². The van der Waals surface area contributed by atoms with Gasteiger partial charge in [-0.15, -0.1) is 11.3 Å². The summed E-state index contributed by atoms with van der Waals surface area (Å²) in [5, 5.41) is 3.18. The second-order valence-corrected chi connectivity index (χ2v) is 8.86. The fraction of sp³-hybridized carbons (Fsp3) is 0.353. The van der Waals surface area contributed by atoms with Gasteiger partial charge in [-0.2, -0.15) is 0 Å². The summed E-state index contributed by atoms with van der Waals surface area (Å²) in [7, 11) is -3.63. The Morgan fingerprint density at radius 1 is 1.13 bits per heavy atom. The zero-order valence-electron chi connectivity index (χ0n) is 13.2. The van der Waals surface area contributed by atoms with Gasteiger partial charge in [-0.3, -0.25) is 4.79 Å². The monoisotopic (exact) mass is 349 g/mol. The van der Waals surface area contributed by atoms with E-state index in [1.807, 2.05) is 6.92 Å². The number of nitrogens with one attached hydrogen (secondary N) is 1. The molecular weight excluding hydrogens is 330 g/mol. The molecule has 0 saturated heterocycles. The minimum Gasteiger partial charge on any atom is -0.317 e. The number of thiophene rings is 1. The molecule has 3 rings (SSSR count). The van der Waals surface area contributed by atoms with Crippen molar-refractivity contribution in [3.8, 4) is 0 Å². The molecular formula is C17H19NO3S2. The molecule has 4 nitrogen and oxygen atoms in total. The van der Waals surface area contributed by atoms with Gasteiger partial charge in [0.2, 0.25) is 15.7 Å². The lowest BCUT2D eigenvalue weighted by Crippen LogP contribution is -2.12. The van der Waals surface area contributed by atoms with Gasteiger partial charge in [0.05, 0.1) is 4.90 Å². The Hall–Kier alpha value is -1.66. The summed E-state index contributed by atoms with van der Waals surface area (Å²) in [6, 6.07) is 6.86. The van der Waals surface area contributed by atoms with E-state index in [9.17, 15) is 13.2 Å². The first-order chi connectivity index (χ1) is 10.9. The number of sulfone groups is 1. The summed E-state index contributed by atoms with van der Waals surface area (Å²) in [4.78, 5) is 13.2. The lowest BCUT2D eigenvalue weighted by Gasteiger charge is -2.13. The van der Waals surface area contributed by atoms with E-state index in [0.29, 0.717) is 9.90 Å². The molecule has 1 heterocycles. The van der Waals surface area contributed by atoms with Crippen LogP contribution in [-0.4, -0.2) is 14.3 Å². The number of aryl methyl sites for hydroxylation is 2. The molecule has 1 amide bonds. The van der Waals surface area contributed by atoms with Crippen LogP contribution in [0.1, 0.15) is 35.8 Å². The molecule has 1 aliphatic rings. The maximum Gasteiger partial charge on any atom is 0.221 e. The molecule has 1 aromatic carbocycles. The van der Waals surface area contributed by atoms with Crippen LogP contribution >= 0.6 is 11.3 Å². The molecule has 0 spiro atoms. The molecule has 0 saturated carbocycles. The van der Waals surface area contributed by atoms with E-state index in [1.54, 1.807) is 24.3 Å². The third kappa shape index (κ3) is 3.05. The van der Waals surface area contributed by atoms with Gasteiger partial charge in [-0.25, -0.2) is 8.42 Å². The average Bonchev–Trinajstić information content (AvgIpc) is 2.85. The van der Waals surface area contributed by atoms with E-state index in [1.165, 1.54) is 18.3 Å². The number of anilines is 1. The van der Waals surface area contributed by atoms with Crippen LogP contribution in [0.2, 0.25) is 0 Å². The number of carbonyl (C=O) groups excluding carboxylic acids is 1. The zero-order chi connectivity index (χ0) is 16.6. The highest BCUT2D eigenvalue weighted by atomic mass is 32.2. The van der Waals surface area contributed by atoms with Crippen LogP contribution < -0.4 is 5.32 Å². The Labute approximate surface area is 140 Å². The van der Waals surface area contributed by atoms with Gasteiger partial charge in [-0.1, -0.05) is 17.7 Å². The summed E-state index contributed by atoms with van der Waals surface area (Å²) in [5.74, 6) is -0.246. The molecule has 0 radical (unpaired) electrons. The third-order valence-corrected chi connectivity index (χ3v) is 7.23. The summed E-state index contributed by atoms with van der Waals surface area (Å²) in [6.07, 6.45) is 3.69. The quantitative estimate of drug-likeness (QED) is 0.918. The van der Waals surface area contributed by atoms with E-state index in [4.69, 9.17) is 0 Å². The van der Waals surface area contributed by atoms with E-state index in [0.717, 1.165) is 41.7 Å². The maximum absolute atomic E-state index is 13.1. The minimum absolute atomic E-state index is 0.246. The average molecular weight is 349 g/mol. The lowest BCUT2D eigenvalue weighted by molar-refractivity contribution is -0.114. The van der Waals surface area contributed by atoms with Crippen LogP contribution in [0.25, 0.3) is 0 Å².